The van der Waals surface area contributed by atoms with Gasteiger partial charge < -0.3 is 25.0 Å². The second-order valence-corrected chi connectivity index (χ2v) is 6.50. The lowest BCUT2D eigenvalue weighted by Gasteiger charge is -2.33. The first-order valence-electron chi connectivity index (χ1n) is 9.63. The Labute approximate surface area is 166 Å². The number of rotatable bonds is 7. The van der Waals surface area contributed by atoms with Gasteiger partial charge in [0, 0.05) is 38.8 Å². The van der Waals surface area contributed by atoms with Gasteiger partial charge in [-0.25, -0.2) is 0 Å². The number of ether oxygens (including phenoxy) is 2. The number of methoxy groups -OCH3 is 1. The third-order valence-corrected chi connectivity index (χ3v) is 4.58. The average molecular weight is 390 g/mol. The summed E-state index contributed by atoms with van der Waals surface area (Å²) in [5, 5.41) is 6.12. The Bertz CT molecular complexity index is 693. The SMILES string of the molecule is CCOC(=O)C1CCCN(C(=NC)NCCNC(=O)c2cccc(OC)c2)C1. The molecule has 1 aromatic carbocycles. The Morgan fingerprint density at radius 3 is 2.79 bits per heavy atom. The number of carbonyl (C=O) groups is 2. The van der Waals surface area contributed by atoms with Crippen molar-refractivity contribution in [3.05, 3.63) is 29.8 Å². The van der Waals surface area contributed by atoms with Gasteiger partial charge in [0.05, 0.1) is 19.6 Å². The van der Waals surface area contributed by atoms with Crippen molar-refractivity contribution >= 4 is 17.8 Å². The fraction of sp³-hybridized carbons (Fsp3) is 0.550. The van der Waals surface area contributed by atoms with E-state index in [0.29, 0.717) is 37.6 Å². The molecular weight excluding hydrogens is 360 g/mol. The average Bonchev–Trinajstić information content (AvgIpc) is 2.74. The van der Waals surface area contributed by atoms with Crippen LogP contribution in [-0.4, -0.2) is 69.7 Å². The first-order chi connectivity index (χ1) is 13.6. The largest absolute Gasteiger partial charge is 0.497 e. The van der Waals surface area contributed by atoms with E-state index in [0.717, 1.165) is 25.3 Å². The second kappa shape index (κ2) is 11.2. The van der Waals surface area contributed by atoms with E-state index in [1.165, 1.54) is 0 Å². The molecule has 0 aliphatic carbocycles. The molecule has 0 spiro atoms. The zero-order valence-electron chi connectivity index (χ0n) is 16.9. The van der Waals surface area contributed by atoms with Gasteiger partial charge in [-0.2, -0.15) is 0 Å². The van der Waals surface area contributed by atoms with Crippen molar-refractivity contribution in [3.8, 4) is 5.75 Å². The number of guanidine groups is 1. The van der Waals surface area contributed by atoms with Crippen molar-refractivity contribution in [2.75, 3.05) is 46.9 Å². The predicted molar refractivity (Wildman–Crippen MR) is 108 cm³/mol. The number of likely N-dealkylation sites (tertiary alicyclic amines) is 1. The Kier molecular flexibility index (Phi) is 8.58. The van der Waals surface area contributed by atoms with Crippen LogP contribution < -0.4 is 15.4 Å². The number of carbonyl (C=O) groups excluding carboxylic acids is 2. The van der Waals surface area contributed by atoms with Crippen molar-refractivity contribution in [2.24, 2.45) is 10.9 Å². The molecule has 28 heavy (non-hydrogen) atoms. The molecule has 2 rings (SSSR count). The maximum atomic E-state index is 12.2. The molecule has 1 aliphatic heterocycles. The Morgan fingerprint density at radius 2 is 2.07 bits per heavy atom. The van der Waals surface area contributed by atoms with Gasteiger partial charge in [-0.15, -0.1) is 0 Å². The van der Waals surface area contributed by atoms with E-state index in [9.17, 15) is 9.59 Å². The van der Waals surface area contributed by atoms with Gasteiger partial charge in [0.15, 0.2) is 5.96 Å². The van der Waals surface area contributed by atoms with Crippen LogP contribution in [-0.2, 0) is 9.53 Å². The molecule has 154 valence electrons. The van der Waals surface area contributed by atoms with Crippen molar-refractivity contribution in [2.45, 2.75) is 19.8 Å². The second-order valence-electron chi connectivity index (χ2n) is 6.50. The van der Waals surface area contributed by atoms with Gasteiger partial charge in [0.1, 0.15) is 5.75 Å². The van der Waals surface area contributed by atoms with Crippen molar-refractivity contribution < 1.29 is 19.1 Å². The third-order valence-electron chi connectivity index (χ3n) is 4.58. The van der Waals surface area contributed by atoms with Gasteiger partial charge >= 0.3 is 5.97 Å². The summed E-state index contributed by atoms with van der Waals surface area (Å²) in [6.07, 6.45) is 1.75. The summed E-state index contributed by atoms with van der Waals surface area (Å²) < 4.78 is 10.3. The number of amides is 1. The zero-order valence-corrected chi connectivity index (χ0v) is 16.9. The lowest BCUT2D eigenvalue weighted by Crippen LogP contribution is -2.49. The van der Waals surface area contributed by atoms with E-state index >= 15 is 0 Å². The summed E-state index contributed by atoms with van der Waals surface area (Å²) in [5.74, 6) is 0.946. The van der Waals surface area contributed by atoms with Crippen LogP contribution in [0.4, 0.5) is 0 Å². The molecule has 0 bridgehead atoms. The molecule has 0 aromatic heterocycles. The molecule has 1 heterocycles. The van der Waals surface area contributed by atoms with E-state index in [1.54, 1.807) is 38.4 Å². The Hall–Kier alpha value is -2.77. The highest BCUT2D eigenvalue weighted by atomic mass is 16.5. The molecule has 1 atom stereocenters. The number of nitrogens with one attached hydrogen (secondary N) is 2. The molecule has 1 aliphatic rings. The summed E-state index contributed by atoms with van der Waals surface area (Å²) in [6.45, 7) is 4.63. The number of hydrogen-bond donors (Lipinski definition) is 2. The fourth-order valence-corrected chi connectivity index (χ4v) is 3.17. The molecule has 1 fully saturated rings. The molecule has 0 radical (unpaired) electrons. The number of piperidine rings is 1. The Balaban J connectivity index is 1.79. The molecule has 1 saturated heterocycles. The lowest BCUT2D eigenvalue weighted by atomic mass is 9.98. The maximum absolute atomic E-state index is 12.2. The van der Waals surface area contributed by atoms with E-state index in [-0.39, 0.29) is 17.8 Å². The highest BCUT2D eigenvalue weighted by Crippen LogP contribution is 2.18. The summed E-state index contributed by atoms with van der Waals surface area (Å²) in [4.78, 5) is 30.6. The van der Waals surface area contributed by atoms with Crippen molar-refractivity contribution in [3.63, 3.8) is 0 Å². The molecule has 8 heteroatoms. The highest BCUT2D eigenvalue weighted by Gasteiger charge is 2.28. The van der Waals surface area contributed by atoms with Gasteiger partial charge in [0.2, 0.25) is 0 Å². The highest BCUT2D eigenvalue weighted by molar-refractivity contribution is 5.94. The van der Waals surface area contributed by atoms with Gasteiger partial charge in [-0.3, -0.25) is 14.6 Å². The van der Waals surface area contributed by atoms with Crippen LogP contribution in [0.15, 0.2) is 29.3 Å². The summed E-state index contributed by atoms with van der Waals surface area (Å²) in [7, 11) is 3.28. The number of hydrogen-bond acceptors (Lipinski definition) is 5. The number of benzene rings is 1. The molecule has 8 nitrogen and oxygen atoms in total. The quantitative estimate of drug-likeness (QED) is 0.315. The molecular formula is C20H30N4O4. The van der Waals surface area contributed by atoms with E-state index in [1.807, 2.05) is 6.92 Å². The van der Waals surface area contributed by atoms with Gasteiger partial charge in [-0.05, 0) is 38.0 Å². The van der Waals surface area contributed by atoms with Crippen LogP contribution in [0.25, 0.3) is 0 Å². The first kappa shape index (κ1) is 21.5. The smallest absolute Gasteiger partial charge is 0.310 e. The monoisotopic (exact) mass is 390 g/mol. The first-order valence-corrected chi connectivity index (χ1v) is 9.63. The molecule has 0 saturated carbocycles. The van der Waals surface area contributed by atoms with Crippen LogP contribution in [0.5, 0.6) is 5.75 Å². The molecule has 1 amide bonds. The summed E-state index contributed by atoms with van der Waals surface area (Å²) in [5.41, 5.74) is 0.553. The van der Waals surface area contributed by atoms with E-state index in [2.05, 4.69) is 20.5 Å². The van der Waals surface area contributed by atoms with E-state index < -0.39 is 0 Å². The van der Waals surface area contributed by atoms with Crippen LogP contribution in [0.1, 0.15) is 30.1 Å². The third kappa shape index (κ3) is 6.14. The van der Waals surface area contributed by atoms with E-state index in [4.69, 9.17) is 9.47 Å². The molecule has 1 aromatic rings. The van der Waals surface area contributed by atoms with Gasteiger partial charge in [0.25, 0.3) is 5.91 Å². The van der Waals surface area contributed by atoms with Crippen LogP contribution >= 0.6 is 0 Å². The molecule has 2 N–H and O–H groups in total. The lowest BCUT2D eigenvalue weighted by molar-refractivity contribution is -0.149. The van der Waals surface area contributed by atoms with Crippen LogP contribution in [0.3, 0.4) is 0 Å². The number of nitrogens with zero attached hydrogens (tertiary/aromatic N) is 2. The number of esters is 1. The maximum Gasteiger partial charge on any atom is 0.310 e. The fourth-order valence-electron chi connectivity index (χ4n) is 3.17. The standard InChI is InChI=1S/C20H30N4O4/c1-4-28-19(26)16-8-6-12-24(14-16)20(21-2)23-11-10-22-18(25)15-7-5-9-17(13-15)27-3/h5,7,9,13,16H,4,6,8,10-12,14H2,1-3H3,(H,21,23)(H,22,25). The van der Waals surface area contributed by atoms with Crippen LogP contribution in [0, 0.1) is 5.92 Å². The summed E-state index contributed by atoms with van der Waals surface area (Å²) >= 11 is 0. The number of aliphatic imine (C=N–C) groups is 1. The minimum Gasteiger partial charge on any atom is -0.497 e. The topological polar surface area (TPSA) is 92.3 Å². The van der Waals surface area contributed by atoms with Crippen molar-refractivity contribution in [1.29, 1.82) is 0 Å². The van der Waals surface area contributed by atoms with Gasteiger partial charge in [-0.1, -0.05) is 6.07 Å². The Morgan fingerprint density at radius 1 is 1.29 bits per heavy atom. The summed E-state index contributed by atoms with van der Waals surface area (Å²) in [6, 6.07) is 7.02. The van der Waals surface area contributed by atoms with Crippen LogP contribution in [0.2, 0.25) is 0 Å². The minimum absolute atomic E-state index is 0.125. The zero-order chi connectivity index (χ0) is 20.4. The predicted octanol–water partition coefficient (Wildman–Crippen LogP) is 1.28. The van der Waals surface area contributed by atoms with Crippen molar-refractivity contribution in [1.82, 2.24) is 15.5 Å². The normalized spacial score (nSPS) is 17.0. The minimum atomic E-state index is -0.156. The molecule has 1 unspecified atom stereocenters.